The fourth-order valence-electron chi connectivity index (χ4n) is 4.52. The molecule has 2 aliphatic rings. The van der Waals surface area contributed by atoms with E-state index in [0.29, 0.717) is 24.3 Å². The molecular formula is C25H29N3O4. The van der Waals surface area contributed by atoms with Crippen LogP contribution < -0.4 is 5.73 Å². The topological polar surface area (TPSA) is 105 Å². The highest BCUT2D eigenvalue weighted by atomic mass is 16.5. The molecule has 32 heavy (non-hydrogen) atoms. The summed E-state index contributed by atoms with van der Waals surface area (Å²) in [6, 6.07) is 13.0. The van der Waals surface area contributed by atoms with Crippen LogP contribution in [0.3, 0.4) is 0 Å². The van der Waals surface area contributed by atoms with Gasteiger partial charge in [0.05, 0.1) is 38.9 Å². The molecule has 0 radical (unpaired) electrons. The standard InChI is InChI=1S/C25H29N3O4/c1-25(26)21(15-23(29)30)9-8-18-6-7-20(14-22(18)25)24(31)19-4-2-17(3-5-19)16-27-28-10-12-32-13-11-28/h2-7,14,16,21H,8-13,15,26H2,1H3,(H,29,30). The maximum Gasteiger partial charge on any atom is 0.303 e. The second kappa shape index (κ2) is 9.22. The van der Waals surface area contributed by atoms with Crippen molar-refractivity contribution in [3.63, 3.8) is 0 Å². The van der Waals surface area contributed by atoms with Crippen molar-refractivity contribution in [2.75, 3.05) is 26.3 Å². The molecule has 0 bridgehead atoms. The second-order valence-electron chi connectivity index (χ2n) is 8.75. The number of aliphatic carboxylic acids is 1. The SMILES string of the molecule is CC1(N)c2cc(C(=O)c3ccc(C=NN4CCOCC4)cc3)ccc2CCC1CC(=O)O. The van der Waals surface area contributed by atoms with Crippen molar-refractivity contribution in [1.29, 1.82) is 0 Å². The van der Waals surface area contributed by atoms with E-state index in [9.17, 15) is 14.7 Å². The van der Waals surface area contributed by atoms with Crippen LogP contribution in [0.25, 0.3) is 0 Å². The number of morpholine rings is 1. The highest BCUT2D eigenvalue weighted by Crippen LogP contribution is 2.40. The van der Waals surface area contributed by atoms with E-state index in [1.54, 1.807) is 18.3 Å². The number of carboxylic acid groups (broad SMARTS) is 1. The molecule has 1 fully saturated rings. The monoisotopic (exact) mass is 435 g/mol. The first-order valence-electron chi connectivity index (χ1n) is 11.0. The lowest BCUT2D eigenvalue weighted by Crippen LogP contribution is -2.45. The summed E-state index contributed by atoms with van der Waals surface area (Å²) in [6.07, 6.45) is 3.32. The van der Waals surface area contributed by atoms with Gasteiger partial charge in [-0.25, -0.2) is 0 Å². The normalized spacial score (nSPS) is 23.2. The number of aryl methyl sites for hydroxylation is 1. The second-order valence-corrected chi connectivity index (χ2v) is 8.75. The van der Waals surface area contributed by atoms with Gasteiger partial charge in [-0.1, -0.05) is 36.4 Å². The smallest absolute Gasteiger partial charge is 0.303 e. The summed E-state index contributed by atoms with van der Waals surface area (Å²) < 4.78 is 5.32. The molecule has 2 atom stereocenters. The number of hydrogen-bond donors (Lipinski definition) is 2. The fraction of sp³-hybridized carbons (Fsp3) is 0.400. The van der Waals surface area contributed by atoms with E-state index in [1.165, 1.54) is 0 Å². The van der Waals surface area contributed by atoms with Crippen molar-refractivity contribution in [3.8, 4) is 0 Å². The van der Waals surface area contributed by atoms with Crippen LogP contribution in [0.5, 0.6) is 0 Å². The van der Waals surface area contributed by atoms with Crippen LogP contribution in [0.1, 0.15) is 52.4 Å². The summed E-state index contributed by atoms with van der Waals surface area (Å²) in [4.78, 5) is 24.4. The maximum absolute atomic E-state index is 13.1. The molecule has 3 N–H and O–H groups in total. The molecule has 1 aliphatic heterocycles. The Kier molecular flexibility index (Phi) is 6.39. The molecule has 2 aromatic rings. The van der Waals surface area contributed by atoms with Gasteiger partial charge >= 0.3 is 5.97 Å². The van der Waals surface area contributed by atoms with Gasteiger partial charge in [0.1, 0.15) is 0 Å². The molecule has 1 heterocycles. The van der Waals surface area contributed by atoms with E-state index in [-0.39, 0.29) is 18.1 Å². The Bertz CT molecular complexity index is 1020. The molecule has 2 aromatic carbocycles. The van der Waals surface area contributed by atoms with Gasteiger partial charge in [0.15, 0.2) is 5.78 Å². The minimum Gasteiger partial charge on any atom is -0.481 e. The minimum atomic E-state index is -0.848. The molecule has 2 unspecified atom stereocenters. The predicted molar refractivity (Wildman–Crippen MR) is 122 cm³/mol. The van der Waals surface area contributed by atoms with Crippen LogP contribution in [0.15, 0.2) is 47.6 Å². The number of ether oxygens (including phenoxy) is 1. The van der Waals surface area contributed by atoms with Crippen LogP contribution in [0, 0.1) is 5.92 Å². The Balaban J connectivity index is 1.51. The summed E-state index contributed by atoms with van der Waals surface area (Å²) >= 11 is 0. The average molecular weight is 436 g/mol. The summed E-state index contributed by atoms with van der Waals surface area (Å²) in [5.41, 5.74) is 9.84. The Hall–Kier alpha value is -3.03. The van der Waals surface area contributed by atoms with Gasteiger partial charge in [0.25, 0.3) is 0 Å². The minimum absolute atomic E-state index is 0.0259. The van der Waals surface area contributed by atoms with Crippen molar-refractivity contribution in [1.82, 2.24) is 5.01 Å². The number of fused-ring (bicyclic) bond motifs is 1. The lowest BCUT2D eigenvalue weighted by molar-refractivity contribution is -0.138. The summed E-state index contributed by atoms with van der Waals surface area (Å²) in [7, 11) is 0. The number of nitrogens with two attached hydrogens (primary N) is 1. The Labute approximate surface area is 187 Å². The van der Waals surface area contributed by atoms with Gasteiger partial charge < -0.3 is 15.6 Å². The predicted octanol–water partition coefficient (Wildman–Crippen LogP) is 2.79. The van der Waals surface area contributed by atoms with E-state index in [0.717, 1.165) is 42.6 Å². The van der Waals surface area contributed by atoms with Crippen molar-refractivity contribution in [3.05, 3.63) is 70.3 Å². The number of hydrogen-bond acceptors (Lipinski definition) is 6. The summed E-state index contributed by atoms with van der Waals surface area (Å²) in [5.74, 6) is -1.09. The zero-order valence-corrected chi connectivity index (χ0v) is 18.3. The van der Waals surface area contributed by atoms with Gasteiger partial charge in [-0.2, -0.15) is 5.10 Å². The quantitative estimate of drug-likeness (QED) is 0.534. The van der Waals surface area contributed by atoms with Gasteiger partial charge in [-0.05, 0) is 48.4 Å². The molecule has 0 saturated carbocycles. The Morgan fingerprint density at radius 1 is 1.19 bits per heavy atom. The van der Waals surface area contributed by atoms with Crippen LogP contribution in [-0.2, 0) is 21.5 Å². The number of hydrazone groups is 1. The van der Waals surface area contributed by atoms with Crippen molar-refractivity contribution in [2.24, 2.45) is 16.8 Å². The lowest BCUT2D eigenvalue weighted by atomic mass is 9.69. The Morgan fingerprint density at radius 3 is 2.56 bits per heavy atom. The van der Waals surface area contributed by atoms with Gasteiger partial charge in [0.2, 0.25) is 0 Å². The van der Waals surface area contributed by atoms with E-state index >= 15 is 0 Å². The Morgan fingerprint density at radius 2 is 1.88 bits per heavy atom. The van der Waals surface area contributed by atoms with E-state index in [2.05, 4.69) is 5.10 Å². The average Bonchev–Trinajstić information content (AvgIpc) is 2.80. The first-order valence-corrected chi connectivity index (χ1v) is 11.0. The molecule has 7 nitrogen and oxygen atoms in total. The van der Waals surface area contributed by atoms with Gasteiger partial charge in [-0.15, -0.1) is 0 Å². The zero-order chi connectivity index (χ0) is 22.7. The fourth-order valence-corrected chi connectivity index (χ4v) is 4.52. The third-order valence-corrected chi connectivity index (χ3v) is 6.51. The molecule has 0 spiro atoms. The first-order chi connectivity index (χ1) is 15.3. The zero-order valence-electron chi connectivity index (χ0n) is 18.3. The van der Waals surface area contributed by atoms with E-state index in [1.807, 2.05) is 42.3 Å². The van der Waals surface area contributed by atoms with Crippen molar-refractivity contribution < 1.29 is 19.4 Å². The van der Waals surface area contributed by atoms with Crippen LogP contribution in [-0.4, -0.2) is 54.4 Å². The molecule has 0 aromatic heterocycles. The number of nitrogens with zero attached hydrogens (tertiary/aromatic N) is 2. The summed E-state index contributed by atoms with van der Waals surface area (Å²) in [6.45, 7) is 4.79. The van der Waals surface area contributed by atoms with Crippen LogP contribution in [0.2, 0.25) is 0 Å². The van der Waals surface area contributed by atoms with Gasteiger partial charge in [-0.3, -0.25) is 14.6 Å². The molecular weight excluding hydrogens is 406 g/mol. The number of carbonyl (C=O) groups excluding carboxylic acids is 1. The van der Waals surface area contributed by atoms with E-state index in [4.69, 9.17) is 10.5 Å². The molecule has 1 aliphatic carbocycles. The van der Waals surface area contributed by atoms with Crippen molar-refractivity contribution >= 4 is 18.0 Å². The number of carboxylic acids is 1. The molecule has 1 saturated heterocycles. The van der Waals surface area contributed by atoms with Crippen LogP contribution in [0.4, 0.5) is 0 Å². The largest absolute Gasteiger partial charge is 0.481 e. The van der Waals surface area contributed by atoms with Gasteiger partial charge in [0, 0.05) is 16.7 Å². The van der Waals surface area contributed by atoms with Crippen LogP contribution >= 0.6 is 0 Å². The highest BCUT2D eigenvalue weighted by Gasteiger charge is 2.38. The third kappa shape index (κ3) is 4.74. The third-order valence-electron chi connectivity index (χ3n) is 6.51. The van der Waals surface area contributed by atoms with Crippen molar-refractivity contribution in [2.45, 2.75) is 31.7 Å². The number of benzene rings is 2. The number of ketones is 1. The molecule has 0 amide bonds. The maximum atomic E-state index is 13.1. The number of carbonyl (C=O) groups is 2. The molecule has 7 heteroatoms. The highest BCUT2D eigenvalue weighted by molar-refractivity contribution is 6.09. The summed E-state index contributed by atoms with van der Waals surface area (Å²) in [5, 5.41) is 15.7. The lowest BCUT2D eigenvalue weighted by Gasteiger charge is -2.40. The molecule has 168 valence electrons. The number of rotatable bonds is 6. The van der Waals surface area contributed by atoms with E-state index < -0.39 is 11.5 Å². The molecule has 4 rings (SSSR count). The first kappa shape index (κ1) is 22.2.